The molecular weight excluding hydrogens is 420 g/mol. The van der Waals surface area contributed by atoms with E-state index >= 15 is 0 Å². The molecule has 0 aromatic carbocycles. The van der Waals surface area contributed by atoms with Crippen molar-refractivity contribution in [3.05, 3.63) is 63.1 Å². The Kier molecular flexibility index (Phi) is 7.65. The lowest BCUT2D eigenvalue weighted by Crippen LogP contribution is -2.40. The van der Waals surface area contributed by atoms with E-state index in [1.165, 1.54) is 0 Å². The van der Waals surface area contributed by atoms with Gasteiger partial charge >= 0.3 is 0 Å². The third kappa shape index (κ3) is 5.48. The van der Waals surface area contributed by atoms with E-state index < -0.39 is 0 Å². The number of ether oxygens (including phenoxy) is 1. The highest BCUT2D eigenvalue weighted by atomic mass is 16.5. The highest BCUT2D eigenvalue weighted by molar-refractivity contribution is 5.96. The van der Waals surface area contributed by atoms with Gasteiger partial charge < -0.3 is 19.5 Å². The van der Waals surface area contributed by atoms with Gasteiger partial charge in [-0.15, -0.1) is 0 Å². The van der Waals surface area contributed by atoms with Crippen molar-refractivity contribution >= 4 is 23.9 Å². The Balaban J connectivity index is 1.96. The normalized spacial score (nSPS) is 15.3. The second-order valence-corrected chi connectivity index (χ2v) is 8.05. The van der Waals surface area contributed by atoms with Crippen LogP contribution in [-0.2, 0) is 18.3 Å². The summed E-state index contributed by atoms with van der Waals surface area (Å²) in [6.45, 7) is 14.3. The van der Waals surface area contributed by atoms with Gasteiger partial charge in [0.2, 0.25) is 0 Å². The first kappa shape index (κ1) is 24.2. The van der Waals surface area contributed by atoms with Gasteiger partial charge in [-0.25, -0.2) is 0 Å². The number of nitrogens with zero attached hydrogens (tertiary/aromatic N) is 5. The summed E-state index contributed by atoms with van der Waals surface area (Å²) in [6, 6.07) is 1.87. The van der Waals surface area contributed by atoms with Crippen LogP contribution >= 0.6 is 0 Å². The van der Waals surface area contributed by atoms with Gasteiger partial charge in [-0.3, -0.25) is 19.3 Å². The Bertz CT molecular complexity index is 1170. The maximum absolute atomic E-state index is 12.8. The van der Waals surface area contributed by atoms with Gasteiger partial charge in [0.05, 0.1) is 24.5 Å². The number of rotatable bonds is 7. The third-order valence-corrected chi connectivity index (χ3v) is 5.64. The zero-order valence-electron chi connectivity index (χ0n) is 20.0. The topological polar surface area (TPSA) is 93.8 Å². The molecule has 0 unspecified atom stereocenters. The summed E-state index contributed by atoms with van der Waals surface area (Å²) >= 11 is 0. The number of aliphatic imine (C=N–C) groups is 1. The number of carbonyl (C=O) groups excluding carboxylic acids is 1. The molecule has 0 aliphatic carbocycles. The van der Waals surface area contributed by atoms with E-state index in [1.807, 2.05) is 44.7 Å². The monoisotopic (exact) mass is 452 g/mol. The van der Waals surface area contributed by atoms with Crippen molar-refractivity contribution in [1.29, 1.82) is 0 Å². The number of amides is 1. The van der Waals surface area contributed by atoms with Crippen molar-refractivity contribution in [3.8, 4) is 0 Å². The molecule has 1 aliphatic rings. The fourth-order valence-electron chi connectivity index (χ4n) is 3.76. The average Bonchev–Trinajstić information content (AvgIpc) is 3.20. The SMILES string of the molecule is C=N/C(C)=C(\C=C(/C)NC(=O)c1cn(CC)nc1C)c1cc(N2CCOCC2)c(=O)n(C)c1. The van der Waals surface area contributed by atoms with E-state index in [0.29, 0.717) is 61.2 Å². The molecule has 9 heteroatoms. The summed E-state index contributed by atoms with van der Waals surface area (Å²) in [5, 5.41) is 7.27. The van der Waals surface area contributed by atoms with E-state index in [4.69, 9.17) is 4.74 Å². The largest absolute Gasteiger partial charge is 0.378 e. The van der Waals surface area contributed by atoms with Crippen molar-refractivity contribution in [3.63, 3.8) is 0 Å². The standard InChI is InChI=1S/C24H32N6O3/c1-7-30-15-21(18(4)27-30)23(31)26-16(2)12-20(17(3)25-5)19-13-22(24(32)28(6)14-19)29-8-10-33-11-9-29/h12-15H,5,7-11H2,1-4,6H3,(H,26,31)/b16-12+,20-17+. The summed E-state index contributed by atoms with van der Waals surface area (Å²) in [5.74, 6) is -0.223. The molecule has 3 rings (SSSR count). The van der Waals surface area contributed by atoms with Crippen LogP contribution in [0.15, 0.2) is 45.7 Å². The minimum atomic E-state index is -0.223. The Hall–Kier alpha value is -3.46. The quantitative estimate of drug-likeness (QED) is 0.515. The lowest BCUT2D eigenvalue weighted by atomic mass is 10.0. The maximum Gasteiger partial charge on any atom is 0.273 e. The van der Waals surface area contributed by atoms with Gasteiger partial charge in [0, 0.05) is 61.6 Å². The molecular formula is C24H32N6O3. The number of morpholine rings is 1. The Morgan fingerprint density at radius 1 is 1.30 bits per heavy atom. The highest BCUT2D eigenvalue weighted by Gasteiger charge is 2.18. The van der Waals surface area contributed by atoms with Crippen LogP contribution in [0.5, 0.6) is 0 Å². The molecule has 0 bridgehead atoms. The zero-order chi connectivity index (χ0) is 24.1. The number of aryl methyl sites for hydroxylation is 3. The zero-order valence-corrected chi connectivity index (χ0v) is 20.0. The lowest BCUT2D eigenvalue weighted by molar-refractivity contribution is 0.0965. The predicted molar refractivity (Wildman–Crippen MR) is 131 cm³/mol. The number of aromatic nitrogens is 3. The molecule has 1 fully saturated rings. The number of carbonyl (C=O) groups is 1. The van der Waals surface area contributed by atoms with Crippen LogP contribution in [0.3, 0.4) is 0 Å². The van der Waals surface area contributed by atoms with Crippen LogP contribution < -0.4 is 15.8 Å². The fourth-order valence-corrected chi connectivity index (χ4v) is 3.76. The number of allylic oxidation sites excluding steroid dienone is 4. The summed E-state index contributed by atoms with van der Waals surface area (Å²) in [6.07, 6.45) is 5.37. The molecule has 2 aromatic heterocycles. The average molecular weight is 453 g/mol. The van der Waals surface area contributed by atoms with E-state index in [1.54, 1.807) is 28.7 Å². The van der Waals surface area contributed by atoms with E-state index in [-0.39, 0.29) is 11.5 Å². The van der Waals surface area contributed by atoms with E-state index in [0.717, 1.165) is 11.1 Å². The molecule has 0 atom stereocenters. The summed E-state index contributed by atoms with van der Waals surface area (Å²) in [4.78, 5) is 31.8. The van der Waals surface area contributed by atoms with Crippen LogP contribution in [0.25, 0.3) is 5.57 Å². The van der Waals surface area contributed by atoms with Crippen molar-refractivity contribution in [1.82, 2.24) is 19.7 Å². The van der Waals surface area contributed by atoms with Gasteiger partial charge in [0.15, 0.2) is 0 Å². The molecule has 0 radical (unpaired) electrons. The van der Waals surface area contributed by atoms with Crippen LogP contribution in [0.1, 0.15) is 42.4 Å². The first-order valence-electron chi connectivity index (χ1n) is 11.0. The Labute approximate surface area is 194 Å². The number of hydrogen-bond acceptors (Lipinski definition) is 6. The van der Waals surface area contributed by atoms with Crippen LogP contribution in [0.2, 0.25) is 0 Å². The van der Waals surface area contributed by atoms with Crippen LogP contribution in [0, 0.1) is 6.92 Å². The molecule has 1 saturated heterocycles. The Morgan fingerprint density at radius 2 is 2.00 bits per heavy atom. The molecule has 2 aromatic rings. The molecule has 1 N–H and O–H groups in total. The van der Waals surface area contributed by atoms with E-state index in [9.17, 15) is 9.59 Å². The summed E-state index contributed by atoms with van der Waals surface area (Å²) in [7, 11) is 1.73. The van der Waals surface area contributed by atoms with Crippen molar-refractivity contribution in [2.45, 2.75) is 34.2 Å². The van der Waals surface area contributed by atoms with Crippen LogP contribution in [0.4, 0.5) is 5.69 Å². The van der Waals surface area contributed by atoms with Gasteiger partial charge in [-0.2, -0.15) is 5.10 Å². The van der Waals surface area contributed by atoms with Gasteiger partial charge in [-0.1, -0.05) is 0 Å². The van der Waals surface area contributed by atoms with Crippen molar-refractivity contribution in [2.24, 2.45) is 12.0 Å². The molecule has 0 saturated carbocycles. The van der Waals surface area contributed by atoms with Gasteiger partial charge in [0.1, 0.15) is 5.69 Å². The molecule has 176 valence electrons. The molecule has 33 heavy (non-hydrogen) atoms. The van der Waals surface area contributed by atoms with Crippen LogP contribution in [-0.4, -0.2) is 53.3 Å². The number of nitrogens with one attached hydrogen (secondary N) is 1. The number of anilines is 1. The molecule has 3 heterocycles. The minimum Gasteiger partial charge on any atom is -0.378 e. The van der Waals surface area contributed by atoms with Crippen molar-refractivity contribution in [2.75, 3.05) is 31.2 Å². The van der Waals surface area contributed by atoms with Gasteiger partial charge in [0.25, 0.3) is 11.5 Å². The maximum atomic E-state index is 12.8. The second-order valence-electron chi connectivity index (χ2n) is 8.05. The molecule has 1 aliphatic heterocycles. The molecule has 1 amide bonds. The molecule has 0 spiro atoms. The fraction of sp³-hybridized carbons (Fsp3) is 0.417. The third-order valence-electron chi connectivity index (χ3n) is 5.64. The highest BCUT2D eigenvalue weighted by Crippen LogP contribution is 2.25. The van der Waals surface area contributed by atoms with Crippen molar-refractivity contribution < 1.29 is 9.53 Å². The molecule has 9 nitrogen and oxygen atoms in total. The lowest BCUT2D eigenvalue weighted by Gasteiger charge is -2.29. The van der Waals surface area contributed by atoms with E-state index in [2.05, 4.69) is 22.1 Å². The van der Waals surface area contributed by atoms with Gasteiger partial charge in [-0.05, 0) is 46.6 Å². The number of pyridine rings is 1. The Morgan fingerprint density at radius 3 is 2.61 bits per heavy atom. The predicted octanol–water partition coefficient (Wildman–Crippen LogP) is 2.51. The summed E-state index contributed by atoms with van der Waals surface area (Å²) in [5.41, 5.74) is 4.67. The minimum absolute atomic E-state index is 0.0679. The first-order valence-corrected chi connectivity index (χ1v) is 11.0. The second kappa shape index (κ2) is 10.4. The smallest absolute Gasteiger partial charge is 0.273 e. The summed E-state index contributed by atoms with van der Waals surface area (Å²) < 4.78 is 8.73. The number of hydrogen-bond donors (Lipinski definition) is 1. The first-order chi connectivity index (χ1) is 15.7.